The third-order valence-corrected chi connectivity index (χ3v) is 7.81. The van der Waals surface area contributed by atoms with Gasteiger partial charge in [0, 0.05) is 51.7 Å². The average molecular weight is 551 g/mol. The Kier molecular flexibility index (Phi) is 6.77. The second-order valence-corrected chi connectivity index (χ2v) is 12.0. The van der Waals surface area contributed by atoms with Crippen molar-refractivity contribution in [3.8, 4) is 0 Å². The van der Waals surface area contributed by atoms with E-state index in [0.717, 1.165) is 63.4 Å². The zero-order chi connectivity index (χ0) is 28.0. The van der Waals surface area contributed by atoms with Crippen molar-refractivity contribution in [2.45, 2.75) is 57.8 Å². The molecule has 0 saturated carbocycles. The van der Waals surface area contributed by atoms with Gasteiger partial charge in [-0.3, -0.25) is 14.4 Å². The molecule has 2 unspecified atom stereocenters. The van der Waals surface area contributed by atoms with Crippen molar-refractivity contribution in [1.29, 1.82) is 0 Å². The zero-order valence-electron chi connectivity index (χ0n) is 23.7. The largest absolute Gasteiger partial charge is 0.444 e. The van der Waals surface area contributed by atoms with Crippen LogP contribution in [0.3, 0.4) is 0 Å². The van der Waals surface area contributed by atoms with Crippen molar-refractivity contribution < 1.29 is 14.3 Å². The molecule has 3 aliphatic rings. The first-order chi connectivity index (χ1) is 19.1. The van der Waals surface area contributed by atoms with Gasteiger partial charge in [-0.15, -0.1) is 5.10 Å². The summed E-state index contributed by atoms with van der Waals surface area (Å²) < 4.78 is 9.10. The molecule has 0 aliphatic carbocycles. The number of piperazine rings is 2. The number of likely N-dealkylation sites (N-methyl/N-ethyl adjacent to an activating group) is 1. The third-order valence-electron chi connectivity index (χ3n) is 7.81. The Hall–Kier alpha value is -3.87. The van der Waals surface area contributed by atoms with Crippen LogP contribution in [0.25, 0.3) is 5.65 Å². The number of carbonyl (C=O) groups is 2. The number of anilines is 3. The topological polar surface area (TPSA) is 116 Å². The molecule has 0 spiro atoms. The first-order valence-electron chi connectivity index (χ1n) is 14.0. The maximum Gasteiger partial charge on any atom is 0.410 e. The quantitative estimate of drug-likeness (QED) is 0.509. The monoisotopic (exact) mass is 550 g/mol. The van der Waals surface area contributed by atoms with Crippen molar-refractivity contribution >= 4 is 35.0 Å². The number of ether oxygens (including phenoxy) is 1. The molecular weight excluding hydrogens is 512 g/mol. The minimum atomic E-state index is -0.513. The average Bonchev–Trinajstić information content (AvgIpc) is 3.58. The van der Waals surface area contributed by atoms with E-state index in [1.165, 1.54) is 0 Å². The maximum atomic E-state index is 12.9. The van der Waals surface area contributed by atoms with Gasteiger partial charge < -0.3 is 24.8 Å². The van der Waals surface area contributed by atoms with Crippen molar-refractivity contribution in [2.75, 3.05) is 56.5 Å². The number of nitrogens with zero attached hydrogens (tertiary/aromatic N) is 9. The lowest BCUT2D eigenvalue weighted by Gasteiger charge is -2.42. The van der Waals surface area contributed by atoms with Gasteiger partial charge in [0.1, 0.15) is 12.1 Å². The molecule has 0 radical (unpaired) electrons. The van der Waals surface area contributed by atoms with Gasteiger partial charge in [-0.25, -0.2) is 9.31 Å². The van der Waals surface area contributed by atoms with Gasteiger partial charge in [-0.2, -0.15) is 10.1 Å². The molecule has 13 heteroatoms. The Morgan fingerprint density at radius 3 is 2.52 bits per heavy atom. The fourth-order valence-corrected chi connectivity index (χ4v) is 5.84. The van der Waals surface area contributed by atoms with Crippen LogP contribution in [0.1, 0.15) is 33.6 Å². The molecular formula is C27H38N10O3. The highest BCUT2D eigenvalue weighted by molar-refractivity contribution is 5.76. The predicted octanol–water partition coefficient (Wildman–Crippen LogP) is 2.03. The van der Waals surface area contributed by atoms with E-state index in [-0.39, 0.29) is 30.6 Å². The summed E-state index contributed by atoms with van der Waals surface area (Å²) in [6.45, 7) is 10.6. The first kappa shape index (κ1) is 26.4. The second-order valence-electron chi connectivity index (χ2n) is 12.0. The summed E-state index contributed by atoms with van der Waals surface area (Å²) in [4.78, 5) is 38.7. The van der Waals surface area contributed by atoms with Gasteiger partial charge in [0.15, 0.2) is 5.65 Å². The van der Waals surface area contributed by atoms with Crippen LogP contribution < -0.4 is 10.2 Å². The minimum Gasteiger partial charge on any atom is -0.444 e. The lowest BCUT2D eigenvalue weighted by atomic mass is 10.1. The third kappa shape index (κ3) is 5.42. The first-order valence-corrected chi connectivity index (χ1v) is 14.0. The molecule has 40 heavy (non-hydrogen) atoms. The predicted molar refractivity (Wildman–Crippen MR) is 150 cm³/mol. The van der Waals surface area contributed by atoms with E-state index in [0.29, 0.717) is 11.6 Å². The Balaban J connectivity index is 1.12. The van der Waals surface area contributed by atoms with Crippen LogP contribution in [-0.4, -0.2) is 115 Å². The second kappa shape index (κ2) is 10.3. The number of hydrogen-bond acceptors (Lipinski definition) is 9. The van der Waals surface area contributed by atoms with Crippen LogP contribution in [0.5, 0.6) is 0 Å². The highest BCUT2D eigenvalue weighted by Crippen LogP contribution is 2.35. The lowest BCUT2D eigenvalue weighted by molar-refractivity contribution is -0.133. The molecule has 0 aromatic carbocycles. The summed E-state index contributed by atoms with van der Waals surface area (Å²) in [6, 6.07) is 4.23. The summed E-state index contributed by atoms with van der Waals surface area (Å²) in [5.74, 6) is 0.520. The molecule has 3 aromatic rings. The van der Waals surface area contributed by atoms with E-state index in [2.05, 4.69) is 38.4 Å². The van der Waals surface area contributed by atoms with E-state index in [4.69, 9.17) is 9.72 Å². The van der Waals surface area contributed by atoms with E-state index >= 15 is 0 Å². The Labute approximate surface area is 233 Å². The molecule has 2 bridgehead atoms. The molecule has 2 atom stereocenters. The van der Waals surface area contributed by atoms with Gasteiger partial charge in [-0.1, -0.05) is 0 Å². The number of nitrogens with one attached hydrogen (secondary N) is 1. The fourth-order valence-electron chi connectivity index (χ4n) is 5.84. The summed E-state index contributed by atoms with van der Waals surface area (Å²) in [7, 11) is 2.07. The molecule has 3 fully saturated rings. The molecule has 3 aromatic heterocycles. The van der Waals surface area contributed by atoms with Crippen molar-refractivity contribution in [3.63, 3.8) is 0 Å². The number of carbonyl (C=O) groups excluding carboxylic acids is 2. The molecule has 6 heterocycles. The van der Waals surface area contributed by atoms with Crippen LogP contribution >= 0.6 is 0 Å². The maximum absolute atomic E-state index is 12.9. The standard InChI is InChI=1S/C27H38N10O3/c1-27(2,3)40-26(39)37-20-7-8-21(37)17-34(16-20)22-6-5-9-36-24(22)30-25(31-36)29-19-14-28-35(15-19)18-23(38)33-12-10-32(4)11-13-33/h5-6,9,14-15,20-21H,7-8,10-13,16-18H2,1-4H3,(H,29,31). The van der Waals surface area contributed by atoms with Crippen molar-refractivity contribution in [2.24, 2.45) is 0 Å². The van der Waals surface area contributed by atoms with Crippen LogP contribution in [-0.2, 0) is 16.1 Å². The molecule has 6 rings (SSSR count). The number of hydrogen-bond donors (Lipinski definition) is 1. The summed E-state index contributed by atoms with van der Waals surface area (Å²) in [5, 5.41) is 12.2. The van der Waals surface area contributed by atoms with Crippen molar-refractivity contribution in [3.05, 3.63) is 30.7 Å². The number of aromatic nitrogens is 5. The normalized spacial score (nSPS) is 21.8. The van der Waals surface area contributed by atoms with Gasteiger partial charge in [0.25, 0.3) is 0 Å². The fraction of sp³-hybridized carbons (Fsp3) is 0.593. The van der Waals surface area contributed by atoms with Crippen molar-refractivity contribution in [1.82, 2.24) is 39.1 Å². The van der Waals surface area contributed by atoms with Gasteiger partial charge in [-0.05, 0) is 52.8 Å². The SMILES string of the molecule is CN1CCN(C(=O)Cn2cc(Nc3nc4c(N5CC6CCC(C5)N6C(=O)OC(C)(C)C)cccn4n3)cn2)CC1. The summed E-state index contributed by atoms with van der Waals surface area (Å²) >= 11 is 0. The highest BCUT2D eigenvalue weighted by atomic mass is 16.6. The van der Waals surface area contributed by atoms with E-state index in [1.807, 2.05) is 42.8 Å². The minimum absolute atomic E-state index is 0.0685. The number of amides is 2. The van der Waals surface area contributed by atoms with Crippen LogP contribution in [0.2, 0.25) is 0 Å². The number of pyridine rings is 1. The molecule has 3 aliphatic heterocycles. The van der Waals surface area contributed by atoms with Gasteiger partial charge in [0.05, 0.1) is 29.7 Å². The summed E-state index contributed by atoms with van der Waals surface area (Å²) in [5.41, 5.74) is 1.93. The molecule has 2 amide bonds. The van der Waals surface area contributed by atoms with Gasteiger partial charge in [0.2, 0.25) is 11.9 Å². The molecule has 13 nitrogen and oxygen atoms in total. The van der Waals surface area contributed by atoms with Gasteiger partial charge >= 0.3 is 6.09 Å². The van der Waals surface area contributed by atoms with E-state index < -0.39 is 5.60 Å². The lowest BCUT2D eigenvalue weighted by Crippen LogP contribution is -2.56. The zero-order valence-corrected chi connectivity index (χ0v) is 23.7. The number of fused-ring (bicyclic) bond motifs is 3. The highest BCUT2D eigenvalue weighted by Gasteiger charge is 2.44. The van der Waals surface area contributed by atoms with E-state index in [1.54, 1.807) is 21.6 Å². The number of rotatable bonds is 5. The van der Waals surface area contributed by atoms with E-state index in [9.17, 15) is 9.59 Å². The molecule has 1 N–H and O–H groups in total. The Morgan fingerprint density at radius 2 is 1.82 bits per heavy atom. The molecule has 214 valence electrons. The van der Waals surface area contributed by atoms with Crippen LogP contribution in [0.15, 0.2) is 30.7 Å². The van der Waals surface area contributed by atoms with Crippen LogP contribution in [0.4, 0.5) is 22.1 Å². The summed E-state index contributed by atoms with van der Waals surface area (Å²) in [6.07, 6.45) is 7.05. The Bertz CT molecular complexity index is 1370. The smallest absolute Gasteiger partial charge is 0.410 e. The van der Waals surface area contributed by atoms with Crippen LogP contribution in [0, 0.1) is 0 Å². The Morgan fingerprint density at radius 1 is 1.10 bits per heavy atom. The molecule has 3 saturated heterocycles.